The van der Waals surface area contributed by atoms with E-state index in [-0.39, 0.29) is 17.4 Å². The molecule has 79 valence electrons. The van der Waals surface area contributed by atoms with Crippen LogP contribution < -0.4 is 4.73 Å². The molecule has 0 fully saturated rings. The van der Waals surface area contributed by atoms with Crippen LogP contribution in [0.15, 0.2) is 24.4 Å². The van der Waals surface area contributed by atoms with E-state index in [1.807, 2.05) is 26.0 Å². The standard InChI is InChI=1S/C11H16BNO2/c1-8(2)11(12-9(3)14)10-6-4-5-7-13(10)15/h4-8,11,15H,1-3H3/q+1. The third-order valence-corrected chi connectivity index (χ3v) is 2.34. The molecule has 0 saturated carbocycles. The molecule has 0 bridgehead atoms. The minimum Gasteiger partial charge on any atom is -0.312 e. The van der Waals surface area contributed by atoms with Crippen LogP contribution in [-0.2, 0) is 4.79 Å². The average Bonchev–Trinajstić information content (AvgIpc) is 2.15. The summed E-state index contributed by atoms with van der Waals surface area (Å²) in [5, 5.41) is 9.63. The lowest BCUT2D eigenvalue weighted by Gasteiger charge is -2.14. The summed E-state index contributed by atoms with van der Waals surface area (Å²) in [5.74, 6) is 0.225. The number of hydrogen-bond donors (Lipinski definition) is 1. The van der Waals surface area contributed by atoms with Crippen molar-refractivity contribution in [2.24, 2.45) is 5.92 Å². The minimum absolute atomic E-state index is 0.0255. The summed E-state index contributed by atoms with van der Waals surface area (Å²) < 4.78 is 1.07. The average molecular weight is 205 g/mol. The Bertz CT molecular complexity index is 352. The Balaban J connectivity index is 2.99. The highest BCUT2D eigenvalue weighted by atomic mass is 16.5. The van der Waals surface area contributed by atoms with E-state index in [1.54, 1.807) is 19.5 Å². The van der Waals surface area contributed by atoms with E-state index in [0.717, 1.165) is 10.4 Å². The molecule has 1 aromatic rings. The van der Waals surface area contributed by atoms with Crippen molar-refractivity contribution in [2.75, 3.05) is 0 Å². The minimum atomic E-state index is -0.0475. The zero-order valence-corrected chi connectivity index (χ0v) is 9.34. The normalized spacial score (nSPS) is 12.5. The number of rotatable bonds is 4. The Morgan fingerprint density at radius 3 is 2.60 bits per heavy atom. The molecule has 0 spiro atoms. The van der Waals surface area contributed by atoms with Crippen molar-refractivity contribution in [2.45, 2.75) is 26.6 Å². The molecule has 1 rings (SSSR count). The number of nitrogens with zero attached hydrogens (tertiary/aromatic N) is 1. The third kappa shape index (κ3) is 3.08. The number of aromatic nitrogens is 1. The first-order valence-electron chi connectivity index (χ1n) is 5.07. The van der Waals surface area contributed by atoms with Gasteiger partial charge in [-0.3, -0.25) is 5.21 Å². The molecule has 0 aromatic carbocycles. The van der Waals surface area contributed by atoms with E-state index in [4.69, 9.17) is 0 Å². The topological polar surface area (TPSA) is 41.2 Å². The van der Waals surface area contributed by atoms with Crippen molar-refractivity contribution in [3.8, 4) is 0 Å². The van der Waals surface area contributed by atoms with Crippen LogP contribution in [0.25, 0.3) is 0 Å². The lowest BCUT2D eigenvalue weighted by Crippen LogP contribution is -2.39. The van der Waals surface area contributed by atoms with Crippen molar-refractivity contribution < 1.29 is 14.7 Å². The van der Waals surface area contributed by atoms with E-state index in [9.17, 15) is 10.0 Å². The molecule has 1 heterocycles. The molecule has 3 nitrogen and oxygen atoms in total. The summed E-state index contributed by atoms with van der Waals surface area (Å²) in [6.45, 7) is 5.58. The first-order chi connectivity index (χ1) is 7.02. The van der Waals surface area contributed by atoms with Gasteiger partial charge >= 0.3 is 0 Å². The fourth-order valence-corrected chi connectivity index (χ4v) is 1.58. The fourth-order valence-electron chi connectivity index (χ4n) is 1.58. The summed E-state index contributed by atoms with van der Waals surface area (Å²) in [6.07, 6.45) is 1.57. The molecule has 0 aliphatic heterocycles. The highest BCUT2D eigenvalue weighted by molar-refractivity contribution is 6.74. The molecule has 0 saturated heterocycles. The Kier molecular flexibility index (Phi) is 3.89. The van der Waals surface area contributed by atoms with Gasteiger partial charge in [0.1, 0.15) is 0 Å². The van der Waals surface area contributed by atoms with Gasteiger partial charge in [0.05, 0.1) is 5.68 Å². The summed E-state index contributed by atoms with van der Waals surface area (Å²) in [7, 11) is 1.65. The van der Waals surface area contributed by atoms with Crippen LogP contribution >= 0.6 is 0 Å². The van der Waals surface area contributed by atoms with Gasteiger partial charge < -0.3 is 4.79 Å². The molecule has 4 heteroatoms. The molecule has 1 radical (unpaired) electrons. The largest absolute Gasteiger partial charge is 0.312 e. The van der Waals surface area contributed by atoms with Crippen LogP contribution in [0.5, 0.6) is 0 Å². The molecule has 1 unspecified atom stereocenters. The van der Waals surface area contributed by atoms with Crippen LogP contribution in [0.1, 0.15) is 32.3 Å². The molecule has 0 aliphatic rings. The maximum absolute atomic E-state index is 11.1. The maximum atomic E-state index is 11.1. The van der Waals surface area contributed by atoms with E-state index in [0.29, 0.717) is 0 Å². The van der Waals surface area contributed by atoms with Gasteiger partial charge in [0.25, 0.3) is 0 Å². The van der Waals surface area contributed by atoms with Crippen LogP contribution in [0.4, 0.5) is 0 Å². The second kappa shape index (κ2) is 4.96. The van der Waals surface area contributed by atoms with Gasteiger partial charge in [-0.15, -0.1) is 0 Å². The highest BCUT2D eigenvalue weighted by Gasteiger charge is 2.27. The molecule has 0 amide bonds. The Morgan fingerprint density at radius 2 is 2.13 bits per heavy atom. The number of carbonyl (C=O) groups is 1. The Labute approximate surface area is 90.9 Å². The fraction of sp³-hybridized carbons (Fsp3) is 0.455. The van der Waals surface area contributed by atoms with E-state index >= 15 is 0 Å². The van der Waals surface area contributed by atoms with E-state index in [2.05, 4.69) is 0 Å². The summed E-state index contributed by atoms with van der Waals surface area (Å²) >= 11 is 0. The van der Waals surface area contributed by atoms with Crippen LogP contribution in [0.2, 0.25) is 0 Å². The van der Waals surface area contributed by atoms with Crippen molar-refractivity contribution in [1.29, 1.82) is 0 Å². The summed E-state index contributed by atoms with van der Waals surface area (Å²) in [5.41, 5.74) is 0.764. The Morgan fingerprint density at radius 1 is 1.47 bits per heavy atom. The quantitative estimate of drug-likeness (QED) is 0.455. The van der Waals surface area contributed by atoms with Crippen molar-refractivity contribution in [3.63, 3.8) is 0 Å². The Hall–Kier alpha value is -1.32. The monoisotopic (exact) mass is 205 g/mol. The zero-order valence-electron chi connectivity index (χ0n) is 9.34. The lowest BCUT2D eigenvalue weighted by atomic mass is 9.56. The van der Waals surface area contributed by atoms with E-state index in [1.165, 1.54) is 6.92 Å². The maximum Gasteiger partial charge on any atom is 0.230 e. The first-order valence-corrected chi connectivity index (χ1v) is 5.07. The van der Waals surface area contributed by atoms with Crippen LogP contribution in [-0.4, -0.2) is 18.2 Å². The third-order valence-electron chi connectivity index (χ3n) is 2.34. The molecular weight excluding hydrogens is 189 g/mol. The highest BCUT2D eigenvalue weighted by Crippen LogP contribution is 2.19. The van der Waals surface area contributed by atoms with Crippen molar-refractivity contribution in [1.82, 2.24) is 0 Å². The van der Waals surface area contributed by atoms with Crippen molar-refractivity contribution in [3.05, 3.63) is 30.1 Å². The zero-order chi connectivity index (χ0) is 11.4. The van der Waals surface area contributed by atoms with Crippen LogP contribution in [0.3, 0.4) is 0 Å². The van der Waals surface area contributed by atoms with E-state index < -0.39 is 0 Å². The second-order valence-corrected chi connectivity index (χ2v) is 4.02. The second-order valence-electron chi connectivity index (χ2n) is 4.02. The summed E-state index contributed by atoms with van der Waals surface area (Å²) in [6, 6.07) is 5.42. The first kappa shape index (κ1) is 11.8. The predicted molar refractivity (Wildman–Crippen MR) is 57.8 cm³/mol. The van der Waals surface area contributed by atoms with Crippen molar-refractivity contribution >= 4 is 13.0 Å². The van der Waals surface area contributed by atoms with Gasteiger partial charge in [-0.1, -0.05) is 13.8 Å². The molecular formula is C11H16BNO2+. The van der Waals surface area contributed by atoms with Gasteiger partial charge in [-0.25, -0.2) is 0 Å². The van der Waals surface area contributed by atoms with Gasteiger partial charge in [0.2, 0.25) is 19.2 Å². The molecule has 1 atom stereocenters. The smallest absolute Gasteiger partial charge is 0.230 e. The number of carbonyl (C=O) groups excluding carboxylic acids is 1. The van der Waals surface area contributed by atoms with Gasteiger partial charge in [0, 0.05) is 22.7 Å². The van der Waals surface area contributed by atoms with Gasteiger partial charge in [-0.05, 0) is 18.9 Å². The lowest BCUT2D eigenvalue weighted by molar-refractivity contribution is -0.910. The number of hydrogen-bond acceptors (Lipinski definition) is 2. The van der Waals surface area contributed by atoms with Crippen LogP contribution in [0, 0.1) is 5.92 Å². The van der Waals surface area contributed by atoms with Gasteiger partial charge in [-0.2, -0.15) is 0 Å². The SMILES string of the molecule is CC(=O)[B]C(c1cccc[n+]1O)C(C)C. The molecule has 15 heavy (non-hydrogen) atoms. The number of pyridine rings is 1. The molecule has 1 aromatic heterocycles. The van der Waals surface area contributed by atoms with Gasteiger partial charge in [0.15, 0.2) is 0 Å². The molecule has 1 N–H and O–H groups in total. The summed E-state index contributed by atoms with van der Waals surface area (Å²) in [4.78, 5) is 11.1. The molecule has 0 aliphatic carbocycles. The predicted octanol–water partition coefficient (Wildman–Crippen LogP) is 1.16.